The van der Waals surface area contributed by atoms with E-state index in [1.165, 1.54) is 302 Å². The van der Waals surface area contributed by atoms with Crippen molar-refractivity contribution in [1.82, 2.24) is 5.32 Å². The van der Waals surface area contributed by atoms with Crippen LogP contribution in [-0.4, -0.2) is 68.5 Å². The van der Waals surface area contributed by atoms with Gasteiger partial charge in [-0.25, -0.2) is 0 Å². The van der Waals surface area contributed by atoms with Gasteiger partial charge >= 0.3 is 0 Å². The van der Waals surface area contributed by atoms with Gasteiger partial charge in [-0.2, -0.15) is 0 Å². The number of carbonyl (C=O) groups excluding carboxylic acids is 1. The Balaban J connectivity index is 3.94. The molecule has 81 heavy (non-hydrogen) atoms. The van der Waals surface area contributed by atoms with E-state index in [9.17, 15) is 19.4 Å². The molecule has 0 aromatic carbocycles. The molecule has 0 saturated carbocycles. The Morgan fingerprint density at radius 2 is 0.691 bits per heavy atom. The van der Waals surface area contributed by atoms with Gasteiger partial charge in [0, 0.05) is 6.42 Å². The highest BCUT2D eigenvalue weighted by Crippen LogP contribution is 2.38. The van der Waals surface area contributed by atoms with Crippen molar-refractivity contribution >= 4 is 13.7 Å². The number of allylic oxidation sites excluding steroid dienone is 5. The normalized spacial score (nSPS) is 13.8. The van der Waals surface area contributed by atoms with E-state index in [-0.39, 0.29) is 12.5 Å². The number of hydrogen-bond donors (Lipinski definition) is 2. The number of carbonyl (C=O) groups is 1. The number of nitrogens with one attached hydrogen (secondary N) is 1. The first kappa shape index (κ1) is 79.7. The fourth-order valence-electron chi connectivity index (χ4n) is 11.0. The number of nitrogens with zero attached hydrogens (tertiary/aromatic N) is 1. The van der Waals surface area contributed by atoms with E-state index in [2.05, 4.69) is 43.5 Å². The zero-order valence-electron chi connectivity index (χ0n) is 55.0. The van der Waals surface area contributed by atoms with Crippen molar-refractivity contribution in [3.63, 3.8) is 0 Å². The summed E-state index contributed by atoms with van der Waals surface area (Å²) < 4.78 is 23.4. The van der Waals surface area contributed by atoms with Crippen molar-refractivity contribution in [3.05, 3.63) is 36.5 Å². The summed E-state index contributed by atoms with van der Waals surface area (Å²) >= 11 is 0. The molecule has 480 valence electrons. The number of aliphatic hydroxyl groups is 1. The minimum absolute atomic E-state index is 0.00719. The van der Waals surface area contributed by atoms with Crippen LogP contribution in [0.3, 0.4) is 0 Å². The van der Waals surface area contributed by atoms with Crippen LogP contribution in [-0.2, 0) is 18.4 Å². The molecule has 0 radical (unpaired) electrons. The van der Waals surface area contributed by atoms with Gasteiger partial charge in [-0.1, -0.05) is 352 Å². The zero-order chi connectivity index (χ0) is 59.1. The van der Waals surface area contributed by atoms with E-state index in [0.717, 1.165) is 44.9 Å². The van der Waals surface area contributed by atoms with Crippen molar-refractivity contribution in [2.45, 2.75) is 379 Å². The summed E-state index contributed by atoms with van der Waals surface area (Å²) in [5.41, 5.74) is 0. The zero-order valence-corrected chi connectivity index (χ0v) is 55.9. The van der Waals surface area contributed by atoms with E-state index in [1.807, 2.05) is 27.2 Å². The lowest BCUT2D eigenvalue weighted by Crippen LogP contribution is -2.45. The first-order chi connectivity index (χ1) is 39.5. The summed E-state index contributed by atoms with van der Waals surface area (Å²) in [6.45, 7) is 4.67. The number of likely N-dealkylation sites (N-methyl/N-ethyl adjacent to an activating group) is 1. The first-order valence-electron chi connectivity index (χ1n) is 35.9. The molecule has 0 fully saturated rings. The van der Waals surface area contributed by atoms with Crippen LogP contribution in [0.15, 0.2) is 36.5 Å². The van der Waals surface area contributed by atoms with Crippen molar-refractivity contribution in [2.24, 2.45) is 0 Å². The summed E-state index contributed by atoms with van der Waals surface area (Å²) in [7, 11) is 1.25. The molecule has 9 heteroatoms. The van der Waals surface area contributed by atoms with Crippen LogP contribution < -0.4 is 10.2 Å². The topological polar surface area (TPSA) is 108 Å². The standard InChI is InChI=1S/C72H141N2O6P/c1-6-8-10-12-14-16-18-20-22-24-26-28-29-30-31-32-33-34-35-36-37-38-39-40-41-42-43-44-45-46-48-50-52-54-56-58-60-62-64-66-72(76)73-70(69-80-81(77,78)79-68-67-74(3,4)5)71(75)65-63-61-59-57-55-53-51-49-47-27-25-23-21-19-17-15-13-11-9-7-2/h47,49,55,57,63,65,70-71,75H,6-46,48,50-54,56,58-62,64,66-69H2,1-5H3,(H-,73,76,77,78)/b49-47+,57-55+,65-63+. The third kappa shape index (κ3) is 66.1. The Kier molecular flexibility index (Phi) is 62.2. The van der Waals surface area contributed by atoms with E-state index < -0.39 is 26.6 Å². The fraction of sp³-hybridized carbons (Fsp3) is 0.903. The number of phosphoric acid groups is 1. The molecule has 0 rings (SSSR count). The Morgan fingerprint density at radius 3 is 1.00 bits per heavy atom. The second kappa shape index (κ2) is 63.2. The van der Waals surface area contributed by atoms with Gasteiger partial charge in [0.2, 0.25) is 5.91 Å². The van der Waals surface area contributed by atoms with Crippen LogP contribution in [0.2, 0.25) is 0 Å². The molecule has 3 atom stereocenters. The van der Waals surface area contributed by atoms with E-state index in [0.29, 0.717) is 17.4 Å². The van der Waals surface area contributed by atoms with Crippen molar-refractivity contribution < 1.29 is 32.9 Å². The van der Waals surface area contributed by atoms with Gasteiger partial charge in [-0.15, -0.1) is 0 Å². The molecule has 0 bridgehead atoms. The van der Waals surface area contributed by atoms with Crippen LogP contribution in [0.25, 0.3) is 0 Å². The van der Waals surface area contributed by atoms with Crippen LogP contribution >= 0.6 is 7.82 Å². The molecule has 8 nitrogen and oxygen atoms in total. The number of quaternary nitrogens is 1. The van der Waals surface area contributed by atoms with Crippen LogP contribution in [0.4, 0.5) is 0 Å². The summed E-state index contributed by atoms with van der Waals surface area (Å²) in [5.74, 6) is -0.204. The Morgan fingerprint density at radius 1 is 0.420 bits per heavy atom. The van der Waals surface area contributed by atoms with E-state index in [1.54, 1.807) is 6.08 Å². The summed E-state index contributed by atoms with van der Waals surface area (Å²) in [4.78, 5) is 25.6. The molecule has 0 aromatic heterocycles. The highest BCUT2D eigenvalue weighted by Gasteiger charge is 2.23. The number of amides is 1. The largest absolute Gasteiger partial charge is 0.756 e. The smallest absolute Gasteiger partial charge is 0.268 e. The minimum Gasteiger partial charge on any atom is -0.756 e. The van der Waals surface area contributed by atoms with Gasteiger partial charge in [0.25, 0.3) is 7.82 Å². The average molecular weight is 1160 g/mol. The Bertz CT molecular complexity index is 1410. The average Bonchev–Trinajstić information content (AvgIpc) is 3.43. The highest BCUT2D eigenvalue weighted by atomic mass is 31.2. The maximum atomic E-state index is 13.0. The third-order valence-electron chi connectivity index (χ3n) is 16.6. The first-order valence-corrected chi connectivity index (χ1v) is 37.3. The molecule has 0 aliphatic heterocycles. The highest BCUT2D eigenvalue weighted by molar-refractivity contribution is 7.45. The molecule has 0 spiro atoms. The summed E-state index contributed by atoms with van der Waals surface area (Å²) in [5, 5.41) is 13.9. The van der Waals surface area contributed by atoms with E-state index >= 15 is 0 Å². The SMILES string of the molecule is CCCCCCCCCCCC/C=C/CC/C=C/CC/C=C/C(O)C(COP(=O)([O-])OCC[N+](C)(C)C)NC(=O)CCCCCCCCCCCCCCCCCCCCCCCCCCCCCCCCCCCCCCCCC. The summed E-state index contributed by atoms with van der Waals surface area (Å²) in [6, 6.07) is -0.909. The van der Waals surface area contributed by atoms with Gasteiger partial charge in [0.15, 0.2) is 0 Å². The lowest BCUT2D eigenvalue weighted by Gasteiger charge is -2.29. The number of phosphoric ester groups is 1. The molecule has 0 aliphatic carbocycles. The van der Waals surface area contributed by atoms with Crippen molar-refractivity contribution in [2.75, 3.05) is 40.9 Å². The maximum absolute atomic E-state index is 13.0. The monoisotopic (exact) mass is 1160 g/mol. The second-order valence-electron chi connectivity index (χ2n) is 25.9. The molecule has 0 heterocycles. The lowest BCUT2D eigenvalue weighted by molar-refractivity contribution is -0.870. The van der Waals surface area contributed by atoms with Crippen LogP contribution in [0.1, 0.15) is 367 Å². The molecule has 0 saturated heterocycles. The number of rotatable bonds is 67. The second-order valence-corrected chi connectivity index (χ2v) is 27.3. The van der Waals surface area contributed by atoms with Crippen LogP contribution in [0.5, 0.6) is 0 Å². The van der Waals surface area contributed by atoms with Gasteiger partial charge in [0.05, 0.1) is 39.9 Å². The Hall–Kier alpha value is -1.28. The molecule has 3 unspecified atom stereocenters. The quantitative estimate of drug-likeness (QED) is 0.0272. The van der Waals surface area contributed by atoms with Crippen molar-refractivity contribution in [3.8, 4) is 0 Å². The molecule has 0 aromatic rings. The number of aliphatic hydroxyl groups excluding tert-OH is 1. The molecule has 1 amide bonds. The maximum Gasteiger partial charge on any atom is 0.268 e. The molecule has 2 N–H and O–H groups in total. The number of hydrogen-bond acceptors (Lipinski definition) is 6. The lowest BCUT2D eigenvalue weighted by atomic mass is 10.0. The van der Waals surface area contributed by atoms with Gasteiger partial charge < -0.3 is 28.8 Å². The summed E-state index contributed by atoms with van der Waals surface area (Å²) in [6.07, 6.45) is 84.4. The molecule has 0 aliphatic rings. The Labute approximate surface area is 506 Å². The van der Waals surface area contributed by atoms with E-state index in [4.69, 9.17) is 9.05 Å². The fourth-order valence-corrected chi connectivity index (χ4v) is 11.7. The van der Waals surface area contributed by atoms with Crippen LogP contribution in [0, 0.1) is 0 Å². The van der Waals surface area contributed by atoms with Gasteiger partial charge in [-0.3, -0.25) is 9.36 Å². The predicted molar refractivity (Wildman–Crippen MR) is 353 cm³/mol. The van der Waals surface area contributed by atoms with Gasteiger partial charge in [0.1, 0.15) is 13.2 Å². The third-order valence-corrected chi connectivity index (χ3v) is 17.5. The van der Waals surface area contributed by atoms with Gasteiger partial charge in [-0.05, 0) is 44.9 Å². The minimum atomic E-state index is -4.61. The van der Waals surface area contributed by atoms with Crippen molar-refractivity contribution in [1.29, 1.82) is 0 Å². The predicted octanol–water partition coefficient (Wildman–Crippen LogP) is 22.2. The molecular formula is C72H141N2O6P. The molecular weight excluding hydrogens is 1020 g/mol. The number of unbranched alkanes of at least 4 members (excludes halogenated alkanes) is 50.